The smallest absolute Gasteiger partial charge is 0.277 e. The van der Waals surface area contributed by atoms with Crippen molar-refractivity contribution >= 4 is 21.6 Å². The van der Waals surface area contributed by atoms with Crippen LogP contribution >= 0.6 is 0 Å². The van der Waals surface area contributed by atoms with Gasteiger partial charge in [-0.15, -0.1) is 0 Å². The molecule has 7 nitrogen and oxygen atoms in total. The molecule has 0 aliphatic carbocycles. The summed E-state index contributed by atoms with van der Waals surface area (Å²) in [4.78, 5) is 12.8. The van der Waals surface area contributed by atoms with Crippen LogP contribution in [0.1, 0.15) is 48.7 Å². The number of aryl methyl sites for hydroxylation is 1. The highest BCUT2D eigenvalue weighted by Crippen LogP contribution is 2.28. The Morgan fingerprint density at radius 2 is 1.94 bits per heavy atom. The molecule has 9 heteroatoms. The number of carbonyl (C=O) groups is 1. The maximum absolute atomic E-state index is 13.8. The molecule has 1 aliphatic rings. The maximum atomic E-state index is 13.8. The molecule has 1 N–H and O–H groups in total. The number of sulfonamides is 1. The summed E-state index contributed by atoms with van der Waals surface area (Å²) in [6.45, 7) is 4.18. The molecule has 0 bridgehead atoms. The number of aromatic nitrogens is 1. The molecule has 1 fully saturated rings. The third-order valence-corrected chi connectivity index (χ3v) is 7.93. The summed E-state index contributed by atoms with van der Waals surface area (Å²) in [5, 5.41) is 6.44. The van der Waals surface area contributed by atoms with Gasteiger partial charge >= 0.3 is 0 Å². The van der Waals surface area contributed by atoms with E-state index in [1.165, 1.54) is 24.3 Å². The van der Waals surface area contributed by atoms with Gasteiger partial charge in [-0.3, -0.25) is 4.79 Å². The van der Waals surface area contributed by atoms with E-state index in [9.17, 15) is 17.6 Å². The number of nitrogens with zero attached hydrogens (tertiary/aromatic N) is 2. The zero-order valence-corrected chi connectivity index (χ0v) is 19.4. The molecule has 2 heterocycles. The van der Waals surface area contributed by atoms with Crippen LogP contribution in [0.3, 0.4) is 0 Å². The molecule has 174 valence electrons. The zero-order valence-electron chi connectivity index (χ0n) is 18.5. The fraction of sp³-hybridized carbons (Fsp3) is 0.333. The van der Waals surface area contributed by atoms with Crippen molar-refractivity contribution < 1.29 is 22.1 Å². The SMILES string of the molecule is CC[C@@H]1CCCCN1S(=O)(=O)c1ccc(NC(=O)c2cc(-c3ccc(C)c(F)c3)on2)cc1. The van der Waals surface area contributed by atoms with E-state index in [1.807, 2.05) is 6.92 Å². The van der Waals surface area contributed by atoms with E-state index in [-0.39, 0.29) is 28.2 Å². The van der Waals surface area contributed by atoms with Gasteiger partial charge in [-0.25, -0.2) is 12.8 Å². The summed E-state index contributed by atoms with van der Waals surface area (Å²) in [5.74, 6) is -0.623. The monoisotopic (exact) mass is 471 g/mol. The van der Waals surface area contributed by atoms with Gasteiger partial charge in [-0.1, -0.05) is 30.6 Å². The van der Waals surface area contributed by atoms with Crippen LogP contribution in [-0.4, -0.2) is 36.4 Å². The molecule has 1 amide bonds. The van der Waals surface area contributed by atoms with Crippen LogP contribution in [0.2, 0.25) is 0 Å². The average molecular weight is 472 g/mol. The normalized spacial score (nSPS) is 17.1. The number of piperidine rings is 1. The number of rotatable bonds is 6. The molecule has 33 heavy (non-hydrogen) atoms. The summed E-state index contributed by atoms with van der Waals surface area (Å²) >= 11 is 0. The fourth-order valence-electron chi connectivity index (χ4n) is 4.00. The van der Waals surface area contributed by atoms with Gasteiger partial charge in [-0.2, -0.15) is 4.31 Å². The third-order valence-electron chi connectivity index (χ3n) is 5.96. The van der Waals surface area contributed by atoms with E-state index in [2.05, 4.69) is 10.5 Å². The van der Waals surface area contributed by atoms with Crippen LogP contribution in [0.25, 0.3) is 11.3 Å². The Morgan fingerprint density at radius 1 is 1.18 bits per heavy atom. The topological polar surface area (TPSA) is 92.5 Å². The van der Waals surface area contributed by atoms with Gasteiger partial charge in [0.1, 0.15) is 5.82 Å². The van der Waals surface area contributed by atoms with E-state index in [1.54, 1.807) is 35.5 Å². The zero-order chi connectivity index (χ0) is 23.6. The minimum atomic E-state index is -3.59. The van der Waals surface area contributed by atoms with Gasteiger partial charge in [0, 0.05) is 29.9 Å². The molecule has 0 unspecified atom stereocenters. The van der Waals surface area contributed by atoms with Crippen molar-refractivity contribution in [3.63, 3.8) is 0 Å². The number of hydrogen-bond acceptors (Lipinski definition) is 5. The van der Waals surface area contributed by atoms with Crippen molar-refractivity contribution in [1.82, 2.24) is 9.46 Å². The number of nitrogens with one attached hydrogen (secondary N) is 1. The maximum Gasteiger partial charge on any atom is 0.277 e. The van der Waals surface area contributed by atoms with Gasteiger partial charge in [-0.05, 0) is 62.1 Å². The number of carbonyl (C=O) groups excluding carboxylic acids is 1. The molecule has 0 saturated carbocycles. The Bertz CT molecular complexity index is 1250. The average Bonchev–Trinajstić information content (AvgIpc) is 3.32. The van der Waals surface area contributed by atoms with Crippen molar-refractivity contribution in [1.29, 1.82) is 0 Å². The molecule has 1 saturated heterocycles. The van der Waals surface area contributed by atoms with E-state index in [0.29, 0.717) is 23.4 Å². The number of amides is 1. The molecule has 2 aromatic carbocycles. The fourth-order valence-corrected chi connectivity index (χ4v) is 5.77. The predicted octanol–water partition coefficient (Wildman–Crippen LogP) is 4.99. The lowest BCUT2D eigenvalue weighted by molar-refractivity contribution is 0.101. The van der Waals surface area contributed by atoms with Crippen molar-refractivity contribution in [3.8, 4) is 11.3 Å². The number of anilines is 1. The molecular weight excluding hydrogens is 445 g/mol. The first-order chi connectivity index (χ1) is 15.8. The van der Waals surface area contributed by atoms with Gasteiger partial charge < -0.3 is 9.84 Å². The highest BCUT2D eigenvalue weighted by Gasteiger charge is 2.32. The van der Waals surface area contributed by atoms with Crippen LogP contribution in [0.15, 0.2) is 57.9 Å². The third kappa shape index (κ3) is 4.84. The predicted molar refractivity (Wildman–Crippen MR) is 123 cm³/mol. The Kier molecular flexibility index (Phi) is 6.62. The van der Waals surface area contributed by atoms with Crippen LogP contribution in [-0.2, 0) is 10.0 Å². The van der Waals surface area contributed by atoms with E-state index in [0.717, 1.165) is 25.7 Å². The molecule has 0 spiro atoms. The van der Waals surface area contributed by atoms with E-state index in [4.69, 9.17) is 4.52 Å². The van der Waals surface area contributed by atoms with E-state index >= 15 is 0 Å². The lowest BCUT2D eigenvalue weighted by Crippen LogP contribution is -2.43. The summed E-state index contributed by atoms with van der Waals surface area (Å²) in [6, 6.07) is 12.2. The Labute approximate surface area is 192 Å². The van der Waals surface area contributed by atoms with Gasteiger partial charge in [0.15, 0.2) is 11.5 Å². The van der Waals surface area contributed by atoms with Crippen molar-refractivity contribution in [3.05, 3.63) is 65.6 Å². The second-order valence-electron chi connectivity index (χ2n) is 8.19. The van der Waals surface area contributed by atoms with Crippen LogP contribution < -0.4 is 5.32 Å². The van der Waals surface area contributed by atoms with Crippen LogP contribution in [0, 0.1) is 12.7 Å². The van der Waals surface area contributed by atoms with Crippen molar-refractivity contribution in [2.24, 2.45) is 0 Å². The van der Waals surface area contributed by atoms with Gasteiger partial charge in [0.05, 0.1) is 4.90 Å². The highest BCUT2D eigenvalue weighted by molar-refractivity contribution is 7.89. The molecule has 4 rings (SSSR count). The summed E-state index contributed by atoms with van der Waals surface area (Å²) < 4.78 is 46.8. The Balaban J connectivity index is 1.46. The first kappa shape index (κ1) is 23.1. The van der Waals surface area contributed by atoms with E-state index < -0.39 is 15.9 Å². The molecule has 1 aromatic heterocycles. The Morgan fingerprint density at radius 3 is 2.64 bits per heavy atom. The lowest BCUT2D eigenvalue weighted by atomic mass is 10.0. The van der Waals surface area contributed by atoms with Crippen LogP contribution in [0.4, 0.5) is 10.1 Å². The van der Waals surface area contributed by atoms with Gasteiger partial charge in [0.2, 0.25) is 10.0 Å². The number of hydrogen-bond donors (Lipinski definition) is 1. The number of benzene rings is 2. The first-order valence-corrected chi connectivity index (χ1v) is 12.4. The largest absolute Gasteiger partial charge is 0.355 e. The first-order valence-electron chi connectivity index (χ1n) is 11.0. The quantitative estimate of drug-likeness (QED) is 0.546. The highest BCUT2D eigenvalue weighted by atomic mass is 32.2. The second-order valence-corrected chi connectivity index (χ2v) is 10.1. The molecule has 1 atom stereocenters. The molecule has 3 aromatic rings. The summed E-state index contributed by atoms with van der Waals surface area (Å²) in [7, 11) is -3.59. The standard InChI is InChI=1S/C24H26FN3O4S/c1-3-19-6-4-5-13-28(19)33(30,31)20-11-9-18(10-12-20)26-24(29)22-15-23(32-27-22)17-8-7-16(2)21(25)14-17/h7-12,14-15,19H,3-6,13H2,1-2H3,(H,26,29)/t19-/m1/s1. The van der Waals surface area contributed by atoms with Gasteiger partial charge in [0.25, 0.3) is 5.91 Å². The molecular formula is C24H26FN3O4S. The van der Waals surface area contributed by atoms with Crippen molar-refractivity contribution in [2.75, 3.05) is 11.9 Å². The summed E-state index contributed by atoms with van der Waals surface area (Å²) in [6.07, 6.45) is 3.55. The summed E-state index contributed by atoms with van der Waals surface area (Å²) in [5.41, 5.74) is 1.44. The number of halogens is 1. The van der Waals surface area contributed by atoms with Crippen molar-refractivity contribution in [2.45, 2.75) is 50.5 Å². The molecule has 1 aliphatic heterocycles. The molecule has 0 radical (unpaired) electrons. The lowest BCUT2D eigenvalue weighted by Gasteiger charge is -2.34. The minimum absolute atomic E-state index is 0.0199. The second kappa shape index (κ2) is 9.44. The Hall–Kier alpha value is -3.04. The van der Waals surface area contributed by atoms with Crippen LogP contribution in [0.5, 0.6) is 0 Å². The minimum Gasteiger partial charge on any atom is -0.355 e.